The Kier molecular flexibility index (Phi) is 3.45. The summed E-state index contributed by atoms with van der Waals surface area (Å²) in [5.74, 6) is 0. The molecule has 0 spiro atoms. The average Bonchev–Trinajstić information content (AvgIpc) is 2.37. The van der Waals surface area contributed by atoms with Gasteiger partial charge in [0.15, 0.2) is 0 Å². The molecule has 1 atom stereocenters. The molecule has 0 saturated heterocycles. The van der Waals surface area contributed by atoms with Gasteiger partial charge in [0, 0.05) is 6.04 Å². The van der Waals surface area contributed by atoms with Crippen molar-refractivity contribution in [2.24, 2.45) is 11.1 Å². The summed E-state index contributed by atoms with van der Waals surface area (Å²) in [5.41, 5.74) is 9.11. The molecular weight excluding hydrogens is 218 g/mol. The smallest absolute Gasteiger partial charge is 0.0346 e. The van der Waals surface area contributed by atoms with E-state index >= 15 is 0 Å². The van der Waals surface area contributed by atoms with Crippen LogP contribution < -0.4 is 5.73 Å². The lowest BCUT2D eigenvalue weighted by Crippen LogP contribution is -2.28. The fourth-order valence-electron chi connectivity index (χ4n) is 2.33. The van der Waals surface area contributed by atoms with E-state index in [-0.39, 0.29) is 11.5 Å². The van der Waals surface area contributed by atoms with Crippen LogP contribution in [-0.4, -0.2) is 0 Å². The molecular formula is C17H23N. The van der Waals surface area contributed by atoms with Crippen LogP contribution in [0.25, 0.3) is 10.8 Å². The molecule has 1 unspecified atom stereocenters. The number of nitrogens with two attached hydrogens (primary N) is 1. The second-order valence-electron chi connectivity index (χ2n) is 5.88. The van der Waals surface area contributed by atoms with E-state index in [1.165, 1.54) is 21.9 Å². The van der Waals surface area contributed by atoms with E-state index in [4.69, 9.17) is 5.73 Å². The number of hydrogen-bond acceptors (Lipinski definition) is 1. The summed E-state index contributed by atoms with van der Waals surface area (Å²) in [6, 6.07) is 13.1. The molecule has 0 bridgehead atoms. The van der Waals surface area contributed by atoms with Crippen LogP contribution in [-0.2, 0) is 0 Å². The minimum atomic E-state index is 0.0902. The molecule has 0 fully saturated rings. The Bertz CT molecular complexity index is 555. The van der Waals surface area contributed by atoms with Gasteiger partial charge in [0.2, 0.25) is 0 Å². The zero-order valence-electron chi connectivity index (χ0n) is 11.8. The first kappa shape index (κ1) is 13.1. The van der Waals surface area contributed by atoms with E-state index in [9.17, 15) is 0 Å². The molecule has 18 heavy (non-hydrogen) atoms. The molecule has 2 aromatic carbocycles. The van der Waals surface area contributed by atoms with Gasteiger partial charge in [0.1, 0.15) is 0 Å². The highest BCUT2D eigenvalue weighted by molar-refractivity contribution is 5.86. The van der Waals surface area contributed by atoms with Crippen molar-refractivity contribution in [2.45, 2.75) is 40.2 Å². The van der Waals surface area contributed by atoms with Crippen LogP contribution >= 0.6 is 0 Å². The third-order valence-electron chi connectivity index (χ3n) is 4.23. The lowest BCUT2D eigenvalue weighted by atomic mass is 9.78. The SMILES string of the molecule is CCC(C)(C)C(N)c1ccc2c(C)cccc2c1. The van der Waals surface area contributed by atoms with E-state index in [1.54, 1.807) is 0 Å². The molecule has 96 valence electrons. The zero-order valence-corrected chi connectivity index (χ0v) is 11.8. The zero-order chi connectivity index (χ0) is 13.3. The Labute approximate surface area is 110 Å². The largest absolute Gasteiger partial charge is 0.324 e. The quantitative estimate of drug-likeness (QED) is 0.836. The summed E-state index contributed by atoms with van der Waals surface area (Å²) in [4.78, 5) is 0. The summed E-state index contributed by atoms with van der Waals surface area (Å²) in [6.07, 6.45) is 1.08. The minimum absolute atomic E-state index is 0.0902. The predicted octanol–water partition coefficient (Wildman–Crippen LogP) is 4.58. The molecule has 0 amide bonds. The van der Waals surface area contributed by atoms with Crippen molar-refractivity contribution in [1.29, 1.82) is 0 Å². The van der Waals surface area contributed by atoms with Gasteiger partial charge in [-0.1, -0.05) is 51.1 Å². The van der Waals surface area contributed by atoms with Gasteiger partial charge in [-0.2, -0.15) is 0 Å². The van der Waals surface area contributed by atoms with Gasteiger partial charge >= 0.3 is 0 Å². The van der Waals surface area contributed by atoms with Gasteiger partial charge in [-0.25, -0.2) is 0 Å². The summed E-state index contributed by atoms with van der Waals surface area (Å²) >= 11 is 0. The van der Waals surface area contributed by atoms with Crippen LogP contribution in [0.4, 0.5) is 0 Å². The molecule has 0 aliphatic rings. The van der Waals surface area contributed by atoms with Crippen LogP contribution in [0.15, 0.2) is 36.4 Å². The molecule has 0 aliphatic carbocycles. The third-order valence-corrected chi connectivity index (χ3v) is 4.23. The Balaban J connectivity index is 2.48. The molecule has 0 aliphatic heterocycles. The maximum atomic E-state index is 6.41. The minimum Gasteiger partial charge on any atom is -0.324 e. The molecule has 2 N–H and O–H groups in total. The Morgan fingerprint density at radius 3 is 2.56 bits per heavy atom. The molecule has 1 nitrogen and oxygen atoms in total. The highest BCUT2D eigenvalue weighted by Gasteiger charge is 2.25. The standard InChI is InChI=1S/C17H23N/c1-5-17(3,4)16(18)14-9-10-15-12(2)7-6-8-13(15)11-14/h6-11,16H,5,18H2,1-4H3. The van der Waals surface area contributed by atoms with E-state index < -0.39 is 0 Å². The van der Waals surface area contributed by atoms with E-state index in [0.717, 1.165) is 6.42 Å². The molecule has 0 saturated carbocycles. The van der Waals surface area contributed by atoms with Crippen molar-refractivity contribution in [3.8, 4) is 0 Å². The molecule has 0 radical (unpaired) electrons. The normalized spacial score (nSPS) is 13.8. The van der Waals surface area contributed by atoms with Crippen molar-refractivity contribution < 1.29 is 0 Å². The number of fused-ring (bicyclic) bond motifs is 1. The van der Waals surface area contributed by atoms with Gasteiger partial charge in [-0.15, -0.1) is 0 Å². The van der Waals surface area contributed by atoms with Crippen molar-refractivity contribution in [3.05, 3.63) is 47.5 Å². The second-order valence-corrected chi connectivity index (χ2v) is 5.88. The van der Waals surface area contributed by atoms with Crippen molar-refractivity contribution in [1.82, 2.24) is 0 Å². The Hall–Kier alpha value is -1.34. The molecule has 1 heteroatoms. The highest BCUT2D eigenvalue weighted by atomic mass is 14.7. The first-order chi connectivity index (χ1) is 8.45. The van der Waals surface area contributed by atoms with Gasteiger partial charge < -0.3 is 5.73 Å². The van der Waals surface area contributed by atoms with Crippen LogP contribution in [0.3, 0.4) is 0 Å². The average molecular weight is 241 g/mol. The van der Waals surface area contributed by atoms with Crippen molar-refractivity contribution >= 4 is 10.8 Å². The van der Waals surface area contributed by atoms with Gasteiger partial charge in [0.05, 0.1) is 0 Å². The first-order valence-corrected chi connectivity index (χ1v) is 6.70. The van der Waals surface area contributed by atoms with E-state index in [0.29, 0.717) is 0 Å². The van der Waals surface area contributed by atoms with Crippen molar-refractivity contribution in [2.75, 3.05) is 0 Å². The molecule has 0 heterocycles. The number of benzene rings is 2. The molecule has 2 rings (SSSR count). The molecule has 2 aromatic rings. The topological polar surface area (TPSA) is 26.0 Å². The lowest BCUT2D eigenvalue weighted by Gasteiger charge is -2.31. The number of rotatable bonds is 3. The maximum Gasteiger partial charge on any atom is 0.0346 e. The Morgan fingerprint density at radius 2 is 1.89 bits per heavy atom. The third kappa shape index (κ3) is 2.28. The van der Waals surface area contributed by atoms with Crippen LogP contribution in [0.2, 0.25) is 0 Å². The summed E-state index contributed by atoms with van der Waals surface area (Å²) in [6.45, 7) is 8.82. The monoisotopic (exact) mass is 241 g/mol. The van der Waals surface area contributed by atoms with E-state index in [2.05, 4.69) is 64.1 Å². The summed E-state index contributed by atoms with van der Waals surface area (Å²) < 4.78 is 0. The second kappa shape index (κ2) is 4.74. The summed E-state index contributed by atoms with van der Waals surface area (Å²) in [7, 11) is 0. The highest BCUT2D eigenvalue weighted by Crippen LogP contribution is 2.35. The fraction of sp³-hybridized carbons (Fsp3) is 0.412. The maximum absolute atomic E-state index is 6.41. The van der Waals surface area contributed by atoms with Gasteiger partial charge in [-0.05, 0) is 46.7 Å². The number of aryl methyl sites for hydroxylation is 1. The predicted molar refractivity (Wildman–Crippen MR) is 79.7 cm³/mol. The number of hydrogen-bond donors (Lipinski definition) is 1. The fourth-order valence-corrected chi connectivity index (χ4v) is 2.33. The van der Waals surface area contributed by atoms with Crippen LogP contribution in [0.5, 0.6) is 0 Å². The Morgan fingerprint density at radius 1 is 1.17 bits per heavy atom. The van der Waals surface area contributed by atoms with E-state index in [1.807, 2.05) is 0 Å². The summed E-state index contributed by atoms with van der Waals surface area (Å²) in [5, 5.41) is 2.61. The van der Waals surface area contributed by atoms with Crippen molar-refractivity contribution in [3.63, 3.8) is 0 Å². The molecule has 0 aromatic heterocycles. The van der Waals surface area contributed by atoms with Crippen LogP contribution in [0.1, 0.15) is 44.4 Å². The first-order valence-electron chi connectivity index (χ1n) is 6.70. The lowest BCUT2D eigenvalue weighted by molar-refractivity contribution is 0.278. The van der Waals surface area contributed by atoms with Gasteiger partial charge in [0.25, 0.3) is 0 Å². The van der Waals surface area contributed by atoms with Gasteiger partial charge in [-0.3, -0.25) is 0 Å². The van der Waals surface area contributed by atoms with Crippen LogP contribution in [0, 0.1) is 12.3 Å².